The number of esters is 1. The van der Waals surface area contributed by atoms with Crippen molar-refractivity contribution in [3.05, 3.63) is 12.2 Å². The summed E-state index contributed by atoms with van der Waals surface area (Å²) in [5.41, 5.74) is 0. The molecule has 2 heterocycles. The van der Waals surface area contributed by atoms with Crippen molar-refractivity contribution in [2.45, 2.75) is 313 Å². The van der Waals surface area contributed by atoms with Crippen molar-refractivity contribution in [3.8, 4) is 0 Å². The Kier molecular flexibility index (Phi) is 41.7. The lowest BCUT2D eigenvalue weighted by molar-refractivity contribution is -0.332. The highest BCUT2D eigenvalue weighted by Crippen LogP contribution is 2.27. The van der Waals surface area contributed by atoms with Gasteiger partial charge in [-0.15, -0.1) is 0 Å². The summed E-state index contributed by atoms with van der Waals surface area (Å²) in [5, 5.41) is 72.3. The van der Waals surface area contributed by atoms with Crippen LogP contribution in [-0.4, -0.2) is 142 Å². The predicted octanol–water partition coefficient (Wildman–Crippen LogP) is 10.2. The lowest BCUT2D eigenvalue weighted by atomic mass is 9.98. The third kappa shape index (κ3) is 32.0. The first-order chi connectivity index (χ1) is 34.6. The fraction of sp³-hybridized carbons (Fsp3) is 0.947. The molecule has 2 aliphatic rings. The molecular weight excluding hydrogens is 909 g/mol. The van der Waals surface area contributed by atoms with Gasteiger partial charge in [-0.2, -0.15) is 0 Å². The van der Waals surface area contributed by atoms with E-state index in [1.54, 1.807) is 0 Å². The summed E-state index contributed by atoms with van der Waals surface area (Å²) in [4.78, 5) is 13.1. The molecule has 0 bridgehead atoms. The van der Waals surface area contributed by atoms with Crippen LogP contribution < -0.4 is 0 Å². The molecular formula is C57H108O14. The standard InChI is InChI=1S/C57H108O14/c1-3-5-7-9-11-13-15-17-19-21-23-25-27-29-31-33-35-37-39-41-66-43-46(69-49(59)40-38-36-34-32-30-28-26-24-22-20-18-16-14-12-10-8-6-4-2)44-67-56-55(65)53(63)51(61)48(71-56)45-68-57-54(64)52(62)50(60)47(42-58)70-57/h19,21,46-48,50-58,60-65H,3-18,20,22-45H2,1-2H3/b21-19-. The molecule has 0 amide bonds. The van der Waals surface area contributed by atoms with Gasteiger partial charge in [0.1, 0.15) is 54.9 Å². The first kappa shape index (κ1) is 65.8. The quantitative estimate of drug-likeness (QED) is 0.0172. The molecule has 2 rings (SSSR count). The number of ether oxygens (including phenoxy) is 6. The highest BCUT2D eigenvalue weighted by Gasteiger charge is 2.47. The van der Waals surface area contributed by atoms with Gasteiger partial charge in [-0.3, -0.25) is 4.79 Å². The molecule has 11 unspecified atom stereocenters. The van der Waals surface area contributed by atoms with E-state index < -0.39 is 80.7 Å². The van der Waals surface area contributed by atoms with Gasteiger partial charge in [0, 0.05) is 13.0 Å². The molecule has 420 valence electrons. The molecule has 2 fully saturated rings. The smallest absolute Gasteiger partial charge is 0.306 e. The Morgan fingerprint density at radius 2 is 0.831 bits per heavy atom. The zero-order valence-electron chi connectivity index (χ0n) is 45.0. The predicted molar refractivity (Wildman–Crippen MR) is 280 cm³/mol. The maximum atomic E-state index is 13.1. The maximum absolute atomic E-state index is 13.1. The number of hydrogen-bond donors (Lipinski definition) is 7. The Morgan fingerprint density at radius 1 is 0.451 bits per heavy atom. The van der Waals surface area contributed by atoms with Crippen LogP contribution >= 0.6 is 0 Å². The Hall–Kier alpha value is -1.27. The van der Waals surface area contributed by atoms with Gasteiger partial charge in [0.2, 0.25) is 0 Å². The van der Waals surface area contributed by atoms with Crippen molar-refractivity contribution in [1.82, 2.24) is 0 Å². The average molecular weight is 1020 g/mol. The van der Waals surface area contributed by atoms with Crippen molar-refractivity contribution in [2.24, 2.45) is 0 Å². The number of unbranched alkanes of at least 4 members (excludes halogenated alkanes) is 32. The van der Waals surface area contributed by atoms with E-state index in [2.05, 4.69) is 26.0 Å². The van der Waals surface area contributed by atoms with Gasteiger partial charge < -0.3 is 64.2 Å². The maximum Gasteiger partial charge on any atom is 0.306 e. The Labute approximate surface area is 431 Å². The van der Waals surface area contributed by atoms with Crippen LogP contribution in [0.5, 0.6) is 0 Å². The molecule has 0 saturated carbocycles. The van der Waals surface area contributed by atoms with Crippen LogP contribution in [-0.2, 0) is 33.2 Å². The molecule has 0 aromatic heterocycles. The Balaban J connectivity index is 1.71. The second-order valence-corrected chi connectivity index (χ2v) is 20.8. The Morgan fingerprint density at radius 3 is 1.28 bits per heavy atom. The van der Waals surface area contributed by atoms with E-state index in [1.165, 1.54) is 180 Å². The van der Waals surface area contributed by atoms with Gasteiger partial charge in [0.25, 0.3) is 0 Å². The van der Waals surface area contributed by atoms with Crippen LogP contribution in [0.4, 0.5) is 0 Å². The largest absolute Gasteiger partial charge is 0.457 e. The number of carbonyl (C=O) groups is 1. The summed E-state index contributed by atoms with van der Waals surface area (Å²) in [6.07, 6.45) is 32.7. The summed E-state index contributed by atoms with van der Waals surface area (Å²) in [6.45, 7) is 3.74. The van der Waals surface area contributed by atoms with Gasteiger partial charge in [0.15, 0.2) is 12.6 Å². The summed E-state index contributed by atoms with van der Waals surface area (Å²) in [5.74, 6) is -0.371. The molecule has 2 saturated heterocycles. The summed E-state index contributed by atoms with van der Waals surface area (Å²) >= 11 is 0. The van der Waals surface area contributed by atoms with Gasteiger partial charge in [-0.1, -0.05) is 212 Å². The molecule has 0 spiro atoms. The SMILES string of the molecule is CCCCCCCCC/C=C\CCCCCCCCCCOCC(COC1OC(COC2OC(CO)C(O)C(O)C2O)C(O)C(O)C1O)OC(=O)CCCCCCCCCCCCCCCCCCCC. The second kappa shape index (κ2) is 45.0. The number of hydrogen-bond acceptors (Lipinski definition) is 14. The van der Waals surface area contributed by atoms with Crippen LogP contribution in [0.15, 0.2) is 12.2 Å². The van der Waals surface area contributed by atoms with Crippen molar-refractivity contribution in [2.75, 3.05) is 33.0 Å². The van der Waals surface area contributed by atoms with Gasteiger partial charge >= 0.3 is 5.97 Å². The molecule has 71 heavy (non-hydrogen) atoms. The van der Waals surface area contributed by atoms with E-state index in [4.69, 9.17) is 28.4 Å². The monoisotopic (exact) mass is 1020 g/mol. The highest BCUT2D eigenvalue weighted by atomic mass is 16.7. The van der Waals surface area contributed by atoms with Gasteiger partial charge in [-0.25, -0.2) is 0 Å². The number of aliphatic hydroxyl groups excluding tert-OH is 7. The molecule has 14 nitrogen and oxygen atoms in total. The number of allylic oxidation sites excluding steroid dienone is 2. The average Bonchev–Trinajstić information content (AvgIpc) is 3.37. The first-order valence-electron chi connectivity index (χ1n) is 29.3. The number of aliphatic hydroxyl groups is 7. The van der Waals surface area contributed by atoms with E-state index in [-0.39, 0.29) is 25.6 Å². The van der Waals surface area contributed by atoms with Gasteiger partial charge in [0.05, 0.1) is 26.4 Å². The molecule has 7 N–H and O–H groups in total. The molecule has 0 radical (unpaired) electrons. The summed E-state index contributed by atoms with van der Waals surface area (Å²) < 4.78 is 34.4. The molecule has 0 aromatic rings. The summed E-state index contributed by atoms with van der Waals surface area (Å²) in [7, 11) is 0. The van der Waals surface area contributed by atoms with Crippen LogP contribution in [0.3, 0.4) is 0 Å². The third-order valence-corrected chi connectivity index (χ3v) is 14.3. The van der Waals surface area contributed by atoms with Crippen molar-refractivity contribution >= 4 is 5.97 Å². The van der Waals surface area contributed by atoms with Crippen LogP contribution in [0, 0.1) is 0 Å². The van der Waals surface area contributed by atoms with Crippen molar-refractivity contribution < 1.29 is 69.0 Å². The van der Waals surface area contributed by atoms with Crippen LogP contribution in [0.1, 0.15) is 245 Å². The zero-order chi connectivity index (χ0) is 51.6. The minimum Gasteiger partial charge on any atom is -0.457 e. The first-order valence-corrected chi connectivity index (χ1v) is 29.3. The fourth-order valence-corrected chi connectivity index (χ4v) is 9.52. The van der Waals surface area contributed by atoms with E-state index in [1.807, 2.05) is 0 Å². The van der Waals surface area contributed by atoms with E-state index >= 15 is 0 Å². The molecule has 11 atom stereocenters. The third-order valence-electron chi connectivity index (χ3n) is 14.3. The zero-order valence-corrected chi connectivity index (χ0v) is 45.0. The highest BCUT2D eigenvalue weighted by molar-refractivity contribution is 5.69. The normalized spacial score (nSPS) is 25.3. The molecule has 0 aromatic carbocycles. The number of rotatable bonds is 48. The molecule has 14 heteroatoms. The van der Waals surface area contributed by atoms with Crippen molar-refractivity contribution in [3.63, 3.8) is 0 Å². The van der Waals surface area contributed by atoms with E-state index in [0.717, 1.165) is 38.5 Å². The lowest BCUT2D eigenvalue weighted by Gasteiger charge is -2.42. The van der Waals surface area contributed by atoms with E-state index in [9.17, 15) is 40.5 Å². The van der Waals surface area contributed by atoms with Crippen molar-refractivity contribution in [1.29, 1.82) is 0 Å². The lowest BCUT2D eigenvalue weighted by Crippen LogP contribution is -2.61. The number of carbonyl (C=O) groups excluding carboxylic acids is 1. The topological polar surface area (TPSA) is 214 Å². The van der Waals surface area contributed by atoms with Crippen LogP contribution in [0.2, 0.25) is 0 Å². The Bertz CT molecular complexity index is 1230. The molecule has 2 aliphatic heterocycles. The minimum atomic E-state index is -1.70. The minimum absolute atomic E-state index is 0.0655. The fourth-order valence-electron chi connectivity index (χ4n) is 9.52. The van der Waals surface area contributed by atoms with Crippen LogP contribution in [0.25, 0.3) is 0 Å². The van der Waals surface area contributed by atoms with E-state index in [0.29, 0.717) is 13.0 Å². The van der Waals surface area contributed by atoms with Gasteiger partial charge in [-0.05, 0) is 38.5 Å². The second-order valence-electron chi connectivity index (χ2n) is 20.8. The summed E-state index contributed by atoms with van der Waals surface area (Å²) in [6, 6.07) is 0. The molecule has 0 aliphatic carbocycles.